The number of aromatic hydroxyl groups is 1. The van der Waals surface area contributed by atoms with E-state index >= 15 is 0 Å². The zero-order valence-corrected chi connectivity index (χ0v) is 26.2. The maximum Gasteiger partial charge on any atom is 0.206 e. The van der Waals surface area contributed by atoms with Gasteiger partial charge in [0, 0.05) is 11.0 Å². The number of rotatable bonds is 7. The van der Waals surface area contributed by atoms with Crippen molar-refractivity contribution in [1.82, 2.24) is 15.0 Å². The molecule has 42 heavy (non-hydrogen) atoms. The molecule has 0 spiro atoms. The standard InChI is InChI=1S/C35H39N3O3S/c1-33(2,3)23-34(4,5)25-20-28(35(6,7)24-14-10-8-11-15-24)32(39)31(21-25)38-36-29-19-18-27(22-30(29)37-38)42(40,41)26-16-12-9-13-17-26/h8-22,39H,23H2,1-7H3. The highest BCUT2D eigenvalue weighted by molar-refractivity contribution is 7.91. The van der Waals surface area contributed by atoms with Gasteiger partial charge in [-0.15, -0.1) is 15.0 Å². The molecule has 0 saturated heterocycles. The Kier molecular flexibility index (Phi) is 7.30. The Balaban J connectivity index is 1.69. The number of benzene rings is 4. The fourth-order valence-electron chi connectivity index (χ4n) is 5.98. The number of phenols is 1. The van der Waals surface area contributed by atoms with Crippen LogP contribution in [0.25, 0.3) is 16.7 Å². The van der Waals surface area contributed by atoms with E-state index in [2.05, 4.69) is 76.9 Å². The van der Waals surface area contributed by atoms with Gasteiger partial charge in [0.1, 0.15) is 22.5 Å². The molecule has 1 N–H and O–H groups in total. The third kappa shape index (κ3) is 5.58. The molecule has 0 atom stereocenters. The van der Waals surface area contributed by atoms with Gasteiger partial charge in [-0.2, -0.15) is 0 Å². The minimum Gasteiger partial charge on any atom is -0.505 e. The molecule has 0 radical (unpaired) electrons. The highest BCUT2D eigenvalue weighted by Crippen LogP contribution is 2.44. The number of hydrogen-bond donors (Lipinski definition) is 1. The Morgan fingerprint density at radius 1 is 0.690 bits per heavy atom. The summed E-state index contributed by atoms with van der Waals surface area (Å²) in [5.41, 5.74) is 3.68. The summed E-state index contributed by atoms with van der Waals surface area (Å²) < 4.78 is 26.5. The Morgan fingerprint density at radius 2 is 1.29 bits per heavy atom. The van der Waals surface area contributed by atoms with Crippen LogP contribution in [-0.4, -0.2) is 28.5 Å². The van der Waals surface area contributed by atoms with E-state index in [1.165, 1.54) is 4.80 Å². The monoisotopic (exact) mass is 581 g/mol. The summed E-state index contributed by atoms with van der Waals surface area (Å²) in [5, 5.41) is 21.2. The maximum absolute atomic E-state index is 13.3. The lowest BCUT2D eigenvalue weighted by molar-refractivity contribution is 0.283. The molecule has 0 aliphatic rings. The summed E-state index contributed by atoms with van der Waals surface area (Å²) in [7, 11) is -3.72. The second-order valence-corrected chi connectivity index (χ2v) is 15.4. The van der Waals surface area contributed by atoms with E-state index in [4.69, 9.17) is 0 Å². The van der Waals surface area contributed by atoms with E-state index in [1.54, 1.807) is 48.5 Å². The number of hydrogen-bond acceptors (Lipinski definition) is 5. The second-order valence-electron chi connectivity index (χ2n) is 13.5. The van der Waals surface area contributed by atoms with E-state index in [9.17, 15) is 13.5 Å². The van der Waals surface area contributed by atoms with Gasteiger partial charge in [-0.1, -0.05) is 103 Å². The molecule has 0 unspecified atom stereocenters. The van der Waals surface area contributed by atoms with Crippen LogP contribution in [0.5, 0.6) is 5.75 Å². The van der Waals surface area contributed by atoms with Crippen LogP contribution in [-0.2, 0) is 20.7 Å². The molecule has 0 fully saturated rings. The molecule has 0 aliphatic carbocycles. The van der Waals surface area contributed by atoms with Gasteiger partial charge in [0.05, 0.1) is 9.79 Å². The van der Waals surface area contributed by atoms with Crippen LogP contribution in [0, 0.1) is 5.41 Å². The van der Waals surface area contributed by atoms with Crippen LogP contribution in [0.3, 0.4) is 0 Å². The van der Waals surface area contributed by atoms with Crippen LogP contribution in [0.15, 0.2) is 101 Å². The quantitative estimate of drug-likeness (QED) is 0.210. The number of phenolic OH excluding ortho intramolecular Hbond substituents is 1. The van der Waals surface area contributed by atoms with Crippen LogP contribution >= 0.6 is 0 Å². The minimum absolute atomic E-state index is 0.0793. The summed E-state index contributed by atoms with van der Waals surface area (Å²) >= 11 is 0. The highest BCUT2D eigenvalue weighted by atomic mass is 32.2. The largest absolute Gasteiger partial charge is 0.505 e. The van der Waals surface area contributed by atoms with Gasteiger partial charge in [-0.05, 0) is 64.8 Å². The lowest BCUT2D eigenvalue weighted by Gasteiger charge is -2.35. The summed E-state index contributed by atoms with van der Waals surface area (Å²) in [6.45, 7) is 15.4. The first-order valence-electron chi connectivity index (χ1n) is 14.2. The third-order valence-corrected chi connectivity index (χ3v) is 9.71. The molecule has 0 aliphatic heterocycles. The lowest BCUT2D eigenvalue weighted by atomic mass is 9.70. The van der Waals surface area contributed by atoms with E-state index in [0.29, 0.717) is 16.7 Å². The Bertz CT molecular complexity index is 1850. The molecule has 0 amide bonds. The van der Waals surface area contributed by atoms with Crippen molar-refractivity contribution in [2.24, 2.45) is 5.41 Å². The molecule has 0 saturated carbocycles. The second kappa shape index (κ2) is 10.4. The predicted molar refractivity (Wildman–Crippen MR) is 168 cm³/mol. The van der Waals surface area contributed by atoms with Crippen molar-refractivity contribution in [2.75, 3.05) is 0 Å². The molecule has 1 aromatic heterocycles. The first kappa shape index (κ1) is 29.5. The zero-order valence-electron chi connectivity index (χ0n) is 25.4. The van der Waals surface area contributed by atoms with E-state index in [0.717, 1.165) is 23.1 Å². The van der Waals surface area contributed by atoms with E-state index in [1.807, 2.05) is 24.3 Å². The van der Waals surface area contributed by atoms with Gasteiger partial charge < -0.3 is 5.11 Å². The van der Waals surface area contributed by atoms with Crippen molar-refractivity contribution >= 4 is 20.9 Å². The molecule has 5 aromatic rings. The number of aromatic nitrogens is 3. The highest BCUT2D eigenvalue weighted by Gasteiger charge is 2.34. The van der Waals surface area contributed by atoms with Crippen molar-refractivity contribution in [1.29, 1.82) is 0 Å². The molecule has 4 aromatic carbocycles. The smallest absolute Gasteiger partial charge is 0.206 e. The first-order valence-corrected chi connectivity index (χ1v) is 15.7. The Hall–Kier alpha value is -3.97. The van der Waals surface area contributed by atoms with Crippen LogP contribution in [0.4, 0.5) is 0 Å². The van der Waals surface area contributed by atoms with Gasteiger partial charge >= 0.3 is 0 Å². The molecule has 6 nitrogen and oxygen atoms in total. The van der Waals surface area contributed by atoms with Crippen molar-refractivity contribution < 1.29 is 13.5 Å². The average Bonchev–Trinajstić information content (AvgIpc) is 3.36. The fraction of sp³-hybridized carbons (Fsp3) is 0.314. The van der Waals surface area contributed by atoms with Gasteiger partial charge in [0.25, 0.3) is 0 Å². The number of sulfone groups is 1. The summed E-state index contributed by atoms with van der Waals surface area (Å²) in [6.07, 6.45) is 0.921. The average molecular weight is 582 g/mol. The molecule has 5 rings (SSSR count). The summed E-state index contributed by atoms with van der Waals surface area (Å²) in [5.74, 6) is 0.0941. The molecule has 0 bridgehead atoms. The molecular weight excluding hydrogens is 542 g/mol. The van der Waals surface area contributed by atoms with Crippen molar-refractivity contribution in [2.45, 2.75) is 75.5 Å². The van der Waals surface area contributed by atoms with E-state index in [-0.39, 0.29) is 26.4 Å². The van der Waals surface area contributed by atoms with Crippen LogP contribution < -0.4 is 0 Å². The van der Waals surface area contributed by atoms with Crippen molar-refractivity contribution in [3.8, 4) is 11.4 Å². The van der Waals surface area contributed by atoms with Gasteiger partial charge in [-0.3, -0.25) is 0 Å². The van der Waals surface area contributed by atoms with Gasteiger partial charge in [0.15, 0.2) is 0 Å². The predicted octanol–water partition coefficient (Wildman–Crippen LogP) is 8.00. The Labute approximate surface area is 249 Å². The summed E-state index contributed by atoms with van der Waals surface area (Å²) in [6, 6.07) is 27.3. The van der Waals surface area contributed by atoms with E-state index < -0.39 is 15.3 Å². The van der Waals surface area contributed by atoms with Crippen LogP contribution in [0.2, 0.25) is 0 Å². The maximum atomic E-state index is 13.3. The van der Waals surface area contributed by atoms with Crippen LogP contribution in [0.1, 0.15) is 71.6 Å². The summed E-state index contributed by atoms with van der Waals surface area (Å²) in [4.78, 5) is 1.79. The lowest BCUT2D eigenvalue weighted by Crippen LogP contribution is -2.27. The third-order valence-electron chi connectivity index (χ3n) is 7.94. The minimum atomic E-state index is -3.72. The number of nitrogens with zero attached hydrogens (tertiary/aromatic N) is 3. The SMILES string of the molecule is CC(C)(C)CC(C)(C)c1cc(-n2nc3ccc(S(=O)(=O)c4ccccc4)cc3n2)c(O)c(C(C)(C)c2ccccc2)c1. The molecule has 218 valence electrons. The van der Waals surface area contributed by atoms with Crippen molar-refractivity contribution in [3.05, 3.63) is 108 Å². The number of fused-ring (bicyclic) bond motifs is 1. The fourth-order valence-corrected chi connectivity index (χ4v) is 7.28. The first-order chi connectivity index (χ1) is 19.6. The molecule has 1 heterocycles. The van der Waals surface area contributed by atoms with Crippen molar-refractivity contribution in [3.63, 3.8) is 0 Å². The topological polar surface area (TPSA) is 85.1 Å². The zero-order chi connectivity index (χ0) is 30.5. The normalized spacial score (nSPS) is 13.0. The Morgan fingerprint density at radius 3 is 1.90 bits per heavy atom. The van der Waals surface area contributed by atoms with Gasteiger partial charge in [0.2, 0.25) is 9.84 Å². The van der Waals surface area contributed by atoms with Gasteiger partial charge in [-0.25, -0.2) is 8.42 Å². The molecular formula is C35H39N3O3S. The molecule has 7 heteroatoms.